The number of rotatable bonds is 5. The number of amides is 1. The summed E-state index contributed by atoms with van der Waals surface area (Å²) in [5.74, 6) is 0.544. The van der Waals surface area contributed by atoms with Crippen LogP contribution in [-0.2, 0) is 10.2 Å². The molecule has 1 aliphatic rings. The lowest BCUT2D eigenvalue weighted by atomic mass is 9.91. The molecule has 1 aliphatic carbocycles. The van der Waals surface area contributed by atoms with E-state index < -0.39 is 0 Å². The predicted octanol–water partition coefficient (Wildman–Crippen LogP) is 0.544. The van der Waals surface area contributed by atoms with Crippen LogP contribution in [0.4, 0.5) is 0 Å². The van der Waals surface area contributed by atoms with Gasteiger partial charge in [0, 0.05) is 13.1 Å². The largest absolute Gasteiger partial charge is 0.412 e. The average Bonchev–Trinajstić information content (AvgIpc) is 3.17. The average molecular weight is 319 g/mol. The van der Waals surface area contributed by atoms with E-state index in [1.807, 2.05) is 36.9 Å². The van der Waals surface area contributed by atoms with Gasteiger partial charge in [0.1, 0.15) is 0 Å². The molecule has 0 aromatic heterocycles. The Kier molecular flexibility index (Phi) is 9.49. The van der Waals surface area contributed by atoms with Crippen LogP contribution in [0.5, 0.6) is 0 Å². The van der Waals surface area contributed by atoms with E-state index in [2.05, 4.69) is 12.1 Å². The first-order valence-corrected chi connectivity index (χ1v) is 6.75. The van der Waals surface area contributed by atoms with Crippen molar-refractivity contribution in [2.75, 3.05) is 19.6 Å². The summed E-state index contributed by atoms with van der Waals surface area (Å²) in [6, 6.07) is 10.1. The highest BCUT2D eigenvalue weighted by Gasteiger charge is 2.61. The summed E-state index contributed by atoms with van der Waals surface area (Å²) >= 11 is 0. The van der Waals surface area contributed by atoms with Gasteiger partial charge in [-0.3, -0.25) is 4.79 Å². The van der Waals surface area contributed by atoms with Crippen molar-refractivity contribution in [3.63, 3.8) is 0 Å². The molecule has 1 aromatic rings. The summed E-state index contributed by atoms with van der Waals surface area (Å²) in [7, 11) is 0. The molecule has 0 spiro atoms. The normalized spacial score (nSPS) is 22.1. The van der Waals surface area contributed by atoms with Crippen molar-refractivity contribution in [2.24, 2.45) is 11.7 Å². The molecule has 0 heterocycles. The summed E-state index contributed by atoms with van der Waals surface area (Å²) in [5, 5.41) is 0. The number of benzene rings is 1. The maximum Gasteiger partial charge on any atom is 0.233 e. The minimum atomic E-state index is -0.345. The zero-order valence-electron chi connectivity index (χ0n) is 12.6. The molecule has 0 saturated heterocycles. The quantitative estimate of drug-likeness (QED) is 0.855. The number of halogens is 1. The van der Waals surface area contributed by atoms with Crippen molar-refractivity contribution in [3.05, 3.63) is 35.9 Å². The molecule has 5 nitrogen and oxygen atoms in total. The second-order valence-corrected chi connectivity index (χ2v) is 4.95. The summed E-state index contributed by atoms with van der Waals surface area (Å²) in [6.45, 7) is 6.17. The SMILES string of the molecule is CCN(CC)C(=O)[C@@]1(c2ccccc2)C[C@H]1CN.Cl.O.O. The number of nitrogens with zero attached hydrogens (tertiary/aromatic N) is 1. The molecule has 1 aromatic carbocycles. The van der Waals surface area contributed by atoms with E-state index in [0.29, 0.717) is 12.5 Å². The van der Waals surface area contributed by atoms with E-state index in [1.165, 1.54) is 0 Å². The van der Waals surface area contributed by atoms with Crippen molar-refractivity contribution in [3.8, 4) is 0 Å². The van der Waals surface area contributed by atoms with Crippen LogP contribution in [0.25, 0.3) is 0 Å². The van der Waals surface area contributed by atoms with Gasteiger partial charge >= 0.3 is 0 Å². The molecular formula is C15H27ClN2O3. The standard InChI is InChI=1S/C15H22N2O.ClH.2H2O/c1-3-17(4-2)14(18)15(10-13(15)11-16)12-8-6-5-7-9-12;;;/h5-9,13H,3-4,10-11,16H2,1-2H3;1H;2*1H2/t13-,15+;;;/m0.../s1. The Morgan fingerprint density at radius 3 is 2.14 bits per heavy atom. The van der Waals surface area contributed by atoms with E-state index >= 15 is 0 Å². The highest BCUT2D eigenvalue weighted by atomic mass is 35.5. The Balaban J connectivity index is 0. The maximum absolute atomic E-state index is 12.7. The Morgan fingerprint density at radius 2 is 1.76 bits per heavy atom. The molecule has 0 radical (unpaired) electrons. The number of likely N-dealkylation sites (N-methyl/N-ethyl adjacent to an activating group) is 1. The van der Waals surface area contributed by atoms with Gasteiger partial charge in [-0.25, -0.2) is 0 Å². The molecule has 1 fully saturated rings. The van der Waals surface area contributed by atoms with Gasteiger partial charge in [-0.2, -0.15) is 0 Å². The van der Waals surface area contributed by atoms with Gasteiger partial charge in [-0.05, 0) is 38.3 Å². The third-order valence-corrected chi connectivity index (χ3v) is 4.11. The van der Waals surface area contributed by atoms with Crippen molar-refractivity contribution in [1.82, 2.24) is 4.90 Å². The lowest BCUT2D eigenvalue weighted by Gasteiger charge is -2.26. The van der Waals surface area contributed by atoms with Crippen LogP contribution in [0, 0.1) is 5.92 Å². The van der Waals surface area contributed by atoms with Gasteiger partial charge < -0.3 is 21.6 Å². The van der Waals surface area contributed by atoms with Crippen LogP contribution < -0.4 is 5.73 Å². The van der Waals surface area contributed by atoms with Crippen LogP contribution in [0.15, 0.2) is 30.3 Å². The number of hydrogen-bond donors (Lipinski definition) is 1. The lowest BCUT2D eigenvalue weighted by Crippen LogP contribution is -2.40. The topological polar surface area (TPSA) is 109 Å². The van der Waals surface area contributed by atoms with Crippen LogP contribution in [-0.4, -0.2) is 41.4 Å². The minimum absolute atomic E-state index is 0. The molecule has 1 saturated carbocycles. The zero-order chi connectivity index (χ0) is 13.2. The fraction of sp³-hybridized carbons (Fsp3) is 0.533. The fourth-order valence-electron chi connectivity index (χ4n) is 2.88. The number of hydrogen-bond acceptors (Lipinski definition) is 2. The molecule has 6 heteroatoms. The third kappa shape index (κ3) is 3.74. The smallest absolute Gasteiger partial charge is 0.233 e. The van der Waals surface area contributed by atoms with Crippen LogP contribution >= 0.6 is 12.4 Å². The van der Waals surface area contributed by atoms with Gasteiger partial charge in [0.15, 0.2) is 0 Å². The summed E-state index contributed by atoms with van der Waals surface area (Å²) in [4.78, 5) is 14.6. The molecule has 0 aliphatic heterocycles. The molecule has 6 N–H and O–H groups in total. The highest BCUT2D eigenvalue weighted by Crippen LogP contribution is 2.54. The molecule has 0 unspecified atom stereocenters. The van der Waals surface area contributed by atoms with Crippen LogP contribution in [0.2, 0.25) is 0 Å². The maximum atomic E-state index is 12.7. The first kappa shape index (κ1) is 22.1. The van der Waals surface area contributed by atoms with Crippen molar-refractivity contribution in [2.45, 2.75) is 25.7 Å². The van der Waals surface area contributed by atoms with Crippen molar-refractivity contribution >= 4 is 18.3 Å². The van der Waals surface area contributed by atoms with Gasteiger partial charge in [0.2, 0.25) is 5.91 Å². The molecule has 0 bridgehead atoms. The predicted molar refractivity (Wildman–Crippen MR) is 87.7 cm³/mol. The molecule has 2 atom stereocenters. The molecular weight excluding hydrogens is 292 g/mol. The molecule has 122 valence electrons. The lowest BCUT2D eigenvalue weighted by molar-refractivity contribution is -0.134. The van der Waals surface area contributed by atoms with Gasteiger partial charge in [0.25, 0.3) is 0 Å². The molecule has 2 rings (SSSR count). The van der Waals surface area contributed by atoms with Gasteiger partial charge in [-0.15, -0.1) is 12.4 Å². The van der Waals surface area contributed by atoms with Crippen molar-refractivity contribution < 1.29 is 15.7 Å². The highest BCUT2D eigenvalue weighted by molar-refractivity contribution is 5.92. The number of carbonyl (C=O) groups is 1. The first-order valence-electron chi connectivity index (χ1n) is 6.75. The Bertz CT molecular complexity index is 426. The Labute approximate surface area is 132 Å². The van der Waals surface area contributed by atoms with Crippen molar-refractivity contribution in [1.29, 1.82) is 0 Å². The summed E-state index contributed by atoms with van der Waals surface area (Å²) < 4.78 is 0. The fourth-order valence-corrected chi connectivity index (χ4v) is 2.88. The van der Waals surface area contributed by atoms with Gasteiger partial charge in [0.05, 0.1) is 5.41 Å². The minimum Gasteiger partial charge on any atom is -0.412 e. The number of nitrogens with two attached hydrogens (primary N) is 1. The summed E-state index contributed by atoms with van der Waals surface area (Å²) in [6.07, 6.45) is 0.892. The zero-order valence-corrected chi connectivity index (χ0v) is 13.5. The van der Waals surface area contributed by atoms with E-state index in [9.17, 15) is 4.79 Å². The van der Waals surface area contributed by atoms with E-state index in [0.717, 1.165) is 25.1 Å². The van der Waals surface area contributed by atoms with Gasteiger partial charge in [-0.1, -0.05) is 30.3 Å². The Morgan fingerprint density at radius 1 is 1.24 bits per heavy atom. The second kappa shape index (κ2) is 9.00. The monoisotopic (exact) mass is 318 g/mol. The van der Waals surface area contributed by atoms with E-state index in [4.69, 9.17) is 5.73 Å². The number of carbonyl (C=O) groups excluding carboxylic acids is 1. The van der Waals surface area contributed by atoms with Crippen LogP contribution in [0.3, 0.4) is 0 Å². The van der Waals surface area contributed by atoms with Crippen LogP contribution in [0.1, 0.15) is 25.8 Å². The molecule has 1 amide bonds. The van der Waals surface area contributed by atoms with E-state index in [1.54, 1.807) is 0 Å². The Hall–Kier alpha value is -1.14. The summed E-state index contributed by atoms with van der Waals surface area (Å²) in [5.41, 5.74) is 6.57. The first-order chi connectivity index (χ1) is 8.70. The third-order valence-electron chi connectivity index (χ3n) is 4.11. The second-order valence-electron chi connectivity index (χ2n) is 4.95. The van der Waals surface area contributed by atoms with E-state index in [-0.39, 0.29) is 34.7 Å². The molecule has 21 heavy (non-hydrogen) atoms.